The number of ether oxygens (including phenoxy) is 2. The van der Waals surface area contributed by atoms with Gasteiger partial charge in [-0.25, -0.2) is 4.98 Å². The lowest BCUT2D eigenvalue weighted by molar-refractivity contribution is -0.101. The first kappa shape index (κ1) is 22.2. The molecule has 1 aromatic heterocycles. The summed E-state index contributed by atoms with van der Waals surface area (Å²) in [6, 6.07) is 19.1. The molecule has 33 heavy (non-hydrogen) atoms. The molecule has 0 saturated heterocycles. The number of rotatable bonds is 5. The molecule has 5 unspecified atom stereocenters. The molecular weight excluding hydrogens is 440 g/mol. The first-order chi connectivity index (χ1) is 15.8. The largest absolute Gasteiger partial charge is 0.486 e. The van der Waals surface area contributed by atoms with Crippen LogP contribution in [0.4, 0.5) is 0 Å². The molecule has 1 fully saturated rings. The van der Waals surface area contributed by atoms with E-state index in [0.717, 1.165) is 11.1 Å². The lowest BCUT2D eigenvalue weighted by Crippen LogP contribution is -2.44. The van der Waals surface area contributed by atoms with Gasteiger partial charge in [0.15, 0.2) is 5.60 Å². The van der Waals surface area contributed by atoms with E-state index in [0.29, 0.717) is 28.6 Å². The average molecular weight is 467 g/mol. The number of methoxy groups -OCH3 is 1. The minimum Gasteiger partial charge on any atom is -0.486 e. The molecule has 2 heterocycles. The predicted molar refractivity (Wildman–Crippen MR) is 127 cm³/mol. The number of fused-ring (bicyclic) bond motifs is 3. The molecule has 6 nitrogen and oxygen atoms in total. The Morgan fingerprint density at radius 1 is 1.12 bits per heavy atom. The normalized spacial score (nSPS) is 27.8. The Balaban J connectivity index is 1.65. The molecule has 0 radical (unpaired) electrons. The smallest absolute Gasteiger partial charge is 0.223 e. The van der Waals surface area contributed by atoms with E-state index in [1.54, 1.807) is 18.2 Å². The van der Waals surface area contributed by atoms with Crippen molar-refractivity contribution in [2.45, 2.75) is 23.7 Å². The second kappa shape index (κ2) is 8.29. The van der Waals surface area contributed by atoms with Crippen molar-refractivity contribution in [1.82, 2.24) is 9.88 Å². The highest BCUT2D eigenvalue weighted by atomic mass is 35.5. The van der Waals surface area contributed by atoms with Crippen LogP contribution in [0.1, 0.15) is 17.0 Å². The zero-order valence-electron chi connectivity index (χ0n) is 18.8. The Hall–Kier alpha value is -2.64. The van der Waals surface area contributed by atoms with E-state index in [2.05, 4.69) is 4.98 Å². The van der Waals surface area contributed by atoms with Gasteiger partial charge in [0.25, 0.3) is 0 Å². The SMILES string of the molecule is COc1nc(-c2ccc(Cl)cc2)cc2c1C1(O)C(O)C(CN(C)C)C(c3ccccc3)C1O2. The van der Waals surface area contributed by atoms with Crippen molar-refractivity contribution in [2.75, 3.05) is 27.7 Å². The number of aromatic nitrogens is 1. The molecule has 5 rings (SSSR count). The second-order valence-electron chi connectivity index (χ2n) is 9.07. The van der Waals surface area contributed by atoms with Gasteiger partial charge in [-0.2, -0.15) is 0 Å². The van der Waals surface area contributed by atoms with Crippen molar-refractivity contribution in [1.29, 1.82) is 0 Å². The number of aliphatic hydroxyl groups is 2. The standard InChI is InChI=1S/C26H27ClN2O4/c1-29(2)14-18-21(16-7-5-4-6-8-16)24-26(31,23(18)30)22-20(33-24)13-19(28-25(22)32-3)15-9-11-17(27)12-10-15/h4-13,18,21,23-24,30-31H,14H2,1-3H3. The number of nitrogens with zero attached hydrogens (tertiary/aromatic N) is 2. The number of aliphatic hydroxyl groups excluding tert-OH is 1. The summed E-state index contributed by atoms with van der Waals surface area (Å²) in [6.45, 7) is 0.594. The Bertz CT molecular complexity index is 1150. The highest BCUT2D eigenvalue weighted by molar-refractivity contribution is 6.30. The summed E-state index contributed by atoms with van der Waals surface area (Å²) < 4.78 is 12.1. The van der Waals surface area contributed by atoms with Gasteiger partial charge in [0.1, 0.15) is 11.9 Å². The summed E-state index contributed by atoms with van der Waals surface area (Å²) in [5.41, 5.74) is 1.26. The molecule has 2 N–H and O–H groups in total. The van der Waals surface area contributed by atoms with Gasteiger partial charge in [-0.1, -0.05) is 54.1 Å². The highest BCUT2D eigenvalue weighted by Crippen LogP contribution is 2.60. The van der Waals surface area contributed by atoms with Crippen molar-refractivity contribution >= 4 is 11.6 Å². The number of pyridine rings is 1. The van der Waals surface area contributed by atoms with Crippen LogP contribution in [0.2, 0.25) is 5.02 Å². The molecule has 2 aliphatic rings. The number of hydrogen-bond donors (Lipinski definition) is 2. The summed E-state index contributed by atoms with van der Waals surface area (Å²) >= 11 is 6.04. The summed E-state index contributed by atoms with van der Waals surface area (Å²) in [4.78, 5) is 6.68. The Morgan fingerprint density at radius 2 is 1.82 bits per heavy atom. The quantitative estimate of drug-likeness (QED) is 0.597. The third-order valence-corrected chi connectivity index (χ3v) is 7.03. The topological polar surface area (TPSA) is 75.0 Å². The van der Waals surface area contributed by atoms with Gasteiger partial charge in [0.05, 0.1) is 24.5 Å². The molecule has 1 saturated carbocycles. The molecule has 0 spiro atoms. The van der Waals surface area contributed by atoms with Crippen molar-refractivity contribution in [3.63, 3.8) is 0 Å². The lowest BCUT2D eigenvalue weighted by atomic mass is 9.86. The fourth-order valence-corrected chi connectivity index (χ4v) is 5.51. The van der Waals surface area contributed by atoms with Gasteiger partial charge in [0.2, 0.25) is 5.88 Å². The molecule has 1 aliphatic carbocycles. The van der Waals surface area contributed by atoms with Gasteiger partial charge in [-0.15, -0.1) is 0 Å². The summed E-state index contributed by atoms with van der Waals surface area (Å²) in [7, 11) is 5.43. The molecule has 7 heteroatoms. The second-order valence-corrected chi connectivity index (χ2v) is 9.50. The lowest BCUT2D eigenvalue weighted by Gasteiger charge is -2.29. The van der Waals surface area contributed by atoms with Gasteiger partial charge in [-0.05, 0) is 31.8 Å². The Morgan fingerprint density at radius 3 is 2.45 bits per heavy atom. The van der Waals surface area contributed by atoms with Crippen molar-refractivity contribution in [3.05, 3.63) is 76.8 Å². The number of benzene rings is 2. The minimum absolute atomic E-state index is 0.218. The van der Waals surface area contributed by atoms with E-state index in [-0.39, 0.29) is 17.7 Å². The molecule has 3 aromatic rings. The van der Waals surface area contributed by atoms with Crippen LogP contribution in [0.3, 0.4) is 0 Å². The highest BCUT2D eigenvalue weighted by Gasteiger charge is 2.67. The van der Waals surface area contributed by atoms with Crippen molar-refractivity contribution in [2.24, 2.45) is 5.92 Å². The van der Waals surface area contributed by atoms with E-state index in [1.165, 1.54) is 7.11 Å². The van der Waals surface area contributed by atoms with E-state index in [9.17, 15) is 10.2 Å². The van der Waals surface area contributed by atoms with Crippen molar-refractivity contribution in [3.8, 4) is 22.9 Å². The maximum absolute atomic E-state index is 12.0. The molecule has 172 valence electrons. The van der Waals surface area contributed by atoms with Gasteiger partial charge < -0.3 is 24.6 Å². The van der Waals surface area contributed by atoms with Crippen LogP contribution >= 0.6 is 11.6 Å². The van der Waals surface area contributed by atoms with Crippen LogP contribution in [0, 0.1) is 5.92 Å². The van der Waals surface area contributed by atoms with Crippen LogP contribution in [0.15, 0.2) is 60.7 Å². The van der Waals surface area contributed by atoms with Gasteiger partial charge >= 0.3 is 0 Å². The fourth-order valence-electron chi connectivity index (χ4n) is 5.39. The monoisotopic (exact) mass is 466 g/mol. The fraction of sp³-hybridized carbons (Fsp3) is 0.346. The third-order valence-electron chi connectivity index (χ3n) is 6.78. The number of halogens is 1. The Kier molecular flexibility index (Phi) is 5.57. The van der Waals surface area contributed by atoms with Gasteiger partial charge in [-0.3, -0.25) is 0 Å². The first-order valence-corrected chi connectivity index (χ1v) is 11.3. The van der Waals surface area contributed by atoms with E-state index in [1.807, 2.05) is 61.5 Å². The zero-order valence-corrected chi connectivity index (χ0v) is 19.5. The van der Waals surface area contributed by atoms with Gasteiger partial charge in [0, 0.05) is 35.0 Å². The first-order valence-electron chi connectivity index (χ1n) is 11.0. The van der Waals surface area contributed by atoms with Crippen LogP contribution in [0.25, 0.3) is 11.3 Å². The summed E-state index contributed by atoms with van der Waals surface area (Å²) in [6.07, 6.45) is -1.74. The van der Waals surface area contributed by atoms with E-state index in [4.69, 9.17) is 21.1 Å². The van der Waals surface area contributed by atoms with Crippen LogP contribution < -0.4 is 9.47 Å². The molecule has 5 atom stereocenters. The average Bonchev–Trinajstić information content (AvgIpc) is 3.21. The zero-order chi connectivity index (χ0) is 23.3. The molecule has 0 bridgehead atoms. The third kappa shape index (κ3) is 3.49. The molecular formula is C26H27ClN2O4. The molecule has 1 aliphatic heterocycles. The predicted octanol–water partition coefficient (Wildman–Crippen LogP) is 3.70. The van der Waals surface area contributed by atoms with Crippen LogP contribution in [-0.4, -0.2) is 60.1 Å². The summed E-state index contributed by atoms with van der Waals surface area (Å²) in [5.74, 6) is 0.261. The minimum atomic E-state index is -1.65. The maximum Gasteiger partial charge on any atom is 0.223 e. The van der Waals surface area contributed by atoms with Crippen LogP contribution in [0.5, 0.6) is 11.6 Å². The van der Waals surface area contributed by atoms with Crippen molar-refractivity contribution < 1.29 is 19.7 Å². The maximum atomic E-state index is 12.0. The summed E-state index contributed by atoms with van der Waals surface area (Å²) in [5, 5.41) is 24.2. The Labute approximate surface area is 198 Å². The molecule has 2 aromatic carbocycles. The van der Waals surface area contributed by atoms with Crippen LogP contribution in [-0.2, 0) is 5.60 Å². The number of hydrogen-bond acceptors (Lipinski definition) is 6. The van der Waals surface area contributed by atoms with E-state index >= 15 is 0 Å². The van der Waals surface area contributed by atoms with E-state index < -0.39 is 17.8 Å². The molecule has 0 amide bonds.